The number of benzene rings is 1. The molecule has 3 heterocycles. The SMILES string of the molecule is Cc1cccc2c(=O)n(CCC(=O)Nc3nc(CN4CCOCC4)cs3)cnc12. The number of nitrogens with zero attached hydrogens (tertiary/aromatic N) is 4. The number of ether oxygens (including phenoxy) is 1. The first kappa shape index (κ1) is 19.7. The Bertz CT molecular complexity index is 1070. The van der Waals surface area contributed by atoms with Crippen molar-refractivity contribution in [3.05, 3.63) is 51.5 Å². The van der Waals surface area contributed by atoms with E-state index >= 15 is 0 Å². The number of anilines is 1. The number of rotatable bonds is 6. The molecule has 0 bridgehead atoms. The molecule has 0 saturated carbocycles. The van der Waals surface area contributed by atoms with Gasteiger partial charge in [-0.1, -0.05) is 12.1 Å². The second-order valence-corrected chi connectivity index (χ2v) is 7.90. The zero-order valence-corrected chi connectivity index (χ0v) is 17.1. The number of fused-ring (bicyclic) bond motifs is 1. The number of carbonyl (C=O) groups is 1. The Hall–Kier alpha value is -2.62. The third-order valence-corrected chi connectivity index (χ3v) is 5.73. The van der Waals surface area contributed by atoms with E-state index in [0.717, 1.165) is 44.1 Å². The highest BCUT2D eigenvalue weighted by Crippen LogP contribution is 2.17. The quantitative estimate of drug-likeness (QED) is 0.665. The normalized spacial score (nSPS) is 14.9. The number of para-hydroxylation sites is 1. The zero-order chi connectivity index (χ0) is 20.2. The average Bonchev–Trinajstić information content (AvgIpc) is 3.15. The van der Waals surface area contributed by atoms with Crippen LogP contribution in [0.5, 0.6) is 0 Å². The molecule has 1 amide bonds. The van der Waals surface area contributed by atoms with Gasteiger partial charge in [0.15, 0.2) is 5.13 Å². The summed E-state index contributed by atoms with van der Waals surface area (Å²) in [5.74, 6) is -0.173. The van der Waals surface area contributed by atoms with Crippen LogP contribution in [-0.2, 0) is 22.6 Å². The molecule has 8 nitrogen and oxygen atoms in total. The smallest absolute Gasteiger partial charge is 0.261 e. The summed E-state index contributed by atoms with van der Waals surface area (Å²) >= 11 is 1.41. The fraction of sp³-hybridized carbons (Fsp3) is 0.400. The van der Waals surface area contributed by atoms with Gasteiger partial charge in [-0.25, -0.2) is 9.97 Å². The first-order valence-electron chi connectivity index (χ1n) is 9.59. The molecule has 1 fully saturated rings. The van der Waals surface area contributed by atoms with E-state index in [9.17, 15) is 9.59 Å². The number of nitrogens with one attached hydrogen (secondary N) is 1. The maximum absolute atomic E-state index is 12.6. The molecule has 1 aromatic carbocycles. The van der Waals surface area contributed by atoms with Crippen molar-refractivity contribution in [3.8, 4) is 0 Å². The molecule has 2 aromatic heterocycles. The zero-order valence-electron chi connectivity index (χ0n) is 16.3. The highest BCUT2D eigenvalue weighted by Gasteiger charge is 2.14. The van der Waals surface area contributed by atoms with E-state index < -0.39 is 0 Å². The predicted molar refractivity (Wildman–Crippen MR) is 112 cm³/mol. The third-order valence-electron chi connectivity index (χ3n) is 4.92. The number of carbonyl (C=O) groups excluding carboxylic acids is 1. The van der Waals surface area contributed by atoms with Crippen LogP contribution < -0.4 is 10.9 Å². The summed E-state index contributed by atoms with van der Waals surface area (Å²) in [6.07, 6.45) is 1.69. The topological polar surface area (TPSA) is 89.4 Å². The number of hydrogen-bond donors (Lipinski definition) is 1. The van der Waals surface area contributed by atoms with Gasteiger partial charge in [-0.15, -0.1) is 11.3 Å². The van der Waals surface area contributed by atoms with Crippen LogP contribution in [0.2, 0.25) is 0 Å². The van der Waals surface area contributed by atoms with E-state index in [0.29, 0.717) is 16.0 Å². The monoisotopic (exact) mass is 413 g/mol. The largest absolute Gasteiger partial charge is 0.379 e. The molecule has 1 saturated heterocycles. The molecule has 1 aliphatic heterocycles. The molecule has 152 valence electrons. The molecular formula is C20H23N5O3S. The van der Waals surface area contributed by atoms with Gasteiger partial charge in [0.1, 0.15) is 0 Å². The van der Waals surface area contributed by atoms with E-state index in [2.05, 4.69) is 20.2 Å². The molecule has 29 heavy (non-hydrogen) atoms. The van der Waals surface area contributed by atoms with E-state index in [1.807, 2.05) is 24.4 Å². The van der Waals surface area contributed by atoms with E-state index in [1.54, 1.807) is 6.07 Å². The molecule has 1 aliphatic rings. The second-order valence-electron chi connectivity index (χ2n) is 7.04. The van der Waals surface area contributed by atoms with Crippen LogP contribution in [0.1, 0.15) is 17.7 Å². The van der Waals surface area contributed by atoms with E-state index in [1.165, 1.54) is 22.2 Å². The van der Waals surface area contributed by atoms with Gasteiger partial charge in [0.05, 0.1) is 36.1 Å². The number of hydrogen-bond acceptors (Lipinski definition) is 7. The van der Waals surface area contributed by atoms with Crippen molar-refractivity contribution in [1.82, 2.24) is 19.4 Å². The van der Waals surface area contributed by atoms with Crippen LogP contribution in [0.4, 0.5) is 5.13 Å². The van der Waals surface area contributed by atoms with Crippen molar-refractivity contribution >= 4 is 33.3 Å². The first-order valence-corrected chi connectivity index (χ1v) is 10.5. The summed E-state index contributed by atoms with van der Waals surface area (Å²) in [5.41, 5.74) is 2.47. The van der Waals surface area contributed by atoms with Gasteiger partial charge < -0.3 is 10.1 Å². The van der Waals surface area contributed by atoms with Gasteiger partial charge in [-0.05, 0) is 18.6 Å². The van der Waals surface area contributed by atoms with Crippen LogP contribution >= 0.6 is 11.3 Å². The van der Waals surface area contributed by atoms with Crippen molar-refractivity contribution in [2.45, 2.75) is 26.4 Å². The molecule has 4 rings (SSSR count). The minimum absolute atomic E-state index is 0.131. The average molecular weight is 414 g/mol. The lowest BCUT2D eigenvalue weighted by molar-refractivity contribution is -0.116. The van der Waals surface area contributed by atoms with Crippen molar-refractivity contribution in [2.75, 3.05) is 31.6 Å². The van der Waals surface area contributed by atoms with E-state index in [-0.39, 0.29) is 24.4 Å². The minimum atomic E-state index is -0.173. The number of thiazole rings is 1. The van der Waals surface area contributed by atoms with Crippen LogP contribution in [-0.4, -0.2) is 51.6 Å². The summed E-state index contributed by atoms with van der Waals surface area (Å²) in [7, 11) is 0. The van der Waals surface area contributed by atoms with Crippen molar-refractivity contribution in [1.29, 1.82) is 0 Å². The van der Waals surface area contributed by atoms with Crippen LogP contribution in [0.15, 0.2) is 34.7 Å². The summed E-state index contributed by atoms with van der Waals surface area (Å²) in [6.45, 7) is 6.24. The molecular weight excluding hydrogens is 390 g/mol. The molecule has 9 heteroatoms. The molecule has 0 spiro atoms. The lowest BCUT2D eigenvalue weighted by Crippen LogP contribution is -2.35. The predicted octanol–water partition coefficient (Wildman–Crippen LogP) is 2.02. The van der Waals surface area contributed by atoms with Crippen molar-refractivity contribution < 1.29 is 9.53 Å². The number of aromatic nitrogens is 3. The fourth-order valence-electron chi connectivity index (χ4n) is 3.33. The lowest BCUT2D eigenvalue weighted by atomic mass is 10.1. The fourth-order valence-corrected chi connectivity index (χ4v) is 4.04. The molecule has 0 radical (unpaired) electrons. The molecule has 0 unspecified atom stereocenters. The molecule has 3 aromatic rings. The van der Waals surface area contributed by atoms with Gasteiger partial charge in [0.2, 0.25) is 5.91 Å². The Morgan fingerprint density at radius 1 is 1.31 bits per heavy atom. The summed E-state index contributed by atoms with van der Waals surface area (Å²) in [6, 6.07) is 5.53. The minimum Gasteiger partial charge on any atom is -0.379 e. The van der Waals surface area contributed by atoms with Gasteiger partial charge >= 0.3 is 0 Å². The molecule has 1 N–H and O–H groups in total. The number of aryl methyl sites for hydroxylation is 2. The standard InChI is InChI=1S/C20H23N5O3S/c1-14-3-2-4-16-18(14)21-13-25(19(16)27)6-5-17(26)23-20-22-15(12-29-20)11-24-7-9-28-10-8-24/h2-4,12-13H,5-11H2,1H3,(H,22,23,26). The summed E-state index contributed by atoms with van der Waals surface area (Å²) < 4.78 is 6.83. The maximum Gasteiger partial charge on any atom is 0.261 e. The second kappa shape index (κ2) is 8.81. The maximum atomic E-state index is 12.6. The number of amides is 1. The Morgan fingerprint density at radius 2 is 2.14 bits per heavy atom. The lowest BCUT2D eigenvalue weighted by Gasteiger charge is -2.25. The van der Waals surface area contributed by atoms with Gasteiger partial charge in [-0.3, -0.25) is 19.1 Å². The Kier molecular flexibility index (Phi) is 5.98. The summed E-state index contributed by atoms with van der Waals surface area (Å²) in [4.78, 5) is 36.1. The van der Waals surface area contributed by atoms with Crippen LogP contribution in [0.3, 0.4) is 0 Å². The number of morpholine rings is 1. The van der Waals surface area contributed by atoms with Gasteiger partial charge in [-0.2, -0.15) is 0 Å². The molecule has 0 atom stereocenters. The Morgan fingerprint density at radius 3 is 2.97 bits per heavy atom. The third kappa shape index (κ3) is 4.69. The van der Waals surface area contributed by atoms with Gasteiger partial charge in [0, 0.05) is 38.0 Å². The van der Waals surface area contributed by atoms with Crippen LogP contribution in [0.25, 0.3) is 10.9 Å². The van der Waals surface area contributed by atoms with E-state index in [4.69, 9.17) is 4.74 Å². The van der Waals surface area contributed by atoms with Crippen molar-refractivity contribution in [2.24, 2.45) is 0 Å². The first-order chi connectivity index (χ1) is 14.1. The van der Waals surface area contributed by atoms with Gasteiger partial charge in [0.25, 0.3) is 5.56 Å². The summed E-state index contributed by atoms with van der Waals surface area (Å²) in [5, 5.41) is 5.94. The Labute approximate surface area is 172 Å². The highest BCUT2D eigenvalue weighted by atomic mass is 32.1. The highest BCUT2D eigenvalue weighted by molar-refractivity contribution is 7.13. The van der Waals surface area contributed by atoms with Crippen molar-refractivity contribution in [3.63, 3.8) is 0 Å². The Balaban J connectivity index is 1.34. The van der Waals surface area contributed by atoms with Crippen LogP contribution in [0, 0.1) is 6.92 Å². The molecule has 0 aliphatic carbocycles.